The second-order valence-electron chi connectivity index (χ2n) is 10.2. The molecule has 0 saturated carbocycles. The number of unbranched alkanes of at least 4 members (excludes halogenated alkanes) is 1. The number of imidazole rings is 1. The normalized spacial score (nSPS) is 11.2. The van der Waals surface area contributed by atoms with Gasteiger partial charge in [-0.05, 0) is 46.0 Å². The lowest BCUT2D eigenvalue weighted by atomic mass is 9.98. The Bertz CT molecular complexity index is 1820. The van der Waals surface area contributed by atoms with Crippen LogP contribution in [-0.4, -0.2) is 62.8 Å². The summed E-state index contributed by atoms with van der Waals surface area (Å²) in [5.41, 5.74) is 3.84. The van der Waals surface area contributed by atoms with Gasteiger partial charge in [-0.3, -0.25) is 10.4 Å². The molecule has 0 aliphatic carbocycles. The van der Waals surface area contributed by atoms with Crippen molar-refractivity contribution in [3.05, 3.63) is 101 Å². The number of benzene rings is 3. The molecule has 2 aromatic heterocycles. The molecule has 0 spiro atoms. The van der Waals surface area contributed by atoms with E-state index in [1.165, 1.54) is 12.1 Å². The minimum atomic E-state index is -1.13. The summed E-state index contributed by atoms with van der Waals surface area (Å²) in [6, 6.07) is 21.3. The Hall–Kier alpha value is -5.19. The summed E-state index contributed by atoms with van der Waals surface area (Å²) in [5, 5.41) is 39.0. The zero-order valence-corrected chi connectivity index (χ0v) is 25.8. The number of nitrogens with zero attached hydrogens (tertiary/aromatic N) is 7. The summed E-state index contributed by atoms with van der Waals surface area (Å²) >= 11 is 6.18. The molecular weight excluding hydrogens is 634 g/mol. The molecule has 0 radical (unpaired) electrons. The molecule has 0 amide bonds. The molecule has 5 rings (SSSR count). The van der Waals surface area contributed by atoms with Crippen molar-refractivity contribution in [1.82, 2.24) is 35.1 Å². The monoisotopic (exact) mass is 663 g/mol. The van der Waals surface area contributed by atoms with Gasteiger partial charge < -0.3 is 19.1 Å². The van der Waals surface area contributed by atoms with Crippen LogP contribution in [0.4, 0.5) is 4.79 Å². The fourth-order valence-electron chi connectivity index (χ4n) is 4.70. The van der Waals surface area contributed by atoms with E-state index >= 15 is 0 Å². The van der Waals surface area contributed by atoms with E-state index in [1.807, 2.05) is 48.5 Å². The van der Waals surface area contributed by atoms with Gasteiger partial charge in [0, 0.05) is 18.5 Å². The molecule has 0 aliphatic heterocycles. The van der Waals surface area contributed by atoms with Crippen molar-refractivity contribution < 1.29 is 39.4 Å². The van der Waals surface area contributed by atoms with Crippen molar-refractivity contribution >= 4 is 23.7 Å². The molecule has 5 aromatic rings. The Morgan fingerprint density at radius 3 is 2.34 bits per heavy atom. The van der Waals surface area contributed by atoms with Crippen LogP contribution >= 0.6 is 11.6 Å². The van der Waals surface area contributed by atoms with Gasteiger partial charge in [0.25, 0.3) is 0 Å². The summed E-state index contributed by atoms with van der Waals surface area (Å²) in [5.74, 6) is 0.0134. The van der Waals surface area contributed by atoms with Crippen LogP contribution in [-0.2, 0) is 35.9 Å². The van der Waals surface area contributed by atoms with E-state index in [2.05, 4.69) is 32.2 Å². The predicted octanol–water partition coefficient (Wildman–Crippen LogP) is 5.63. The van der Waals surface area contributed by atoms with Gasteiger partial charge in [0.05, 0.1) is 12.0 Å². The number of carbonyl (C=O) groups excluding carboxylic acids is 1. The van der Waals surface area contributed by atoms with Crippen molar-refractivity contribution in [3.8, 4) is 28.3 Å². The number of ether oxygens (including phenoxy) is 2. The van der Waals surface area contributed by atoms with Crippen LogP contribution in [0.3, 0.4) is 0 Å². The predicted molar refractivity (Wildman–Crippen MR) is 164 cm³/mol. The van der Waals surface area contributed by atoms with Crippen molar-refractivity contribution in [1.29, 1.82) is 0 Å². The Labute approximate surface area is 273 Å². The Morgan fingerprint density at radius 2 is 1.66 bits per heavy atom. The van der Waals surface area contributed by atoms with Gasteiger partial charge in [-0.1, -0.05) is 85.6 Å². The van der Waals surface area contributed by atoms with Gasteiger partial charge in [-0.25, -0.2) is 19.4 Å². The molecule has 3 N–H and O–H groups in total. The molecular formula is C31H30ClN7O8. The van der Waals surface area contributed by atoms with Crippen LogP contribution in [0.25, 0.3) is 22.5 Å². The molecule has 47 heavy (non-hydrogen) atoms. The smallest absolute Gasteiger partial charge is 0.476 e. The molecule has 0 fully saturated rings. The summed E-state index contributed by atoms with van der Waals surface area (Å²) in [6.45, 7) is 1.90. The van der Waals surface area contributed by atoms with Crippen LogP contribution in [0.5, 0.6) is 5.75 Å². The number of tetrazole rings is 1. The van der Waals surface area contributed by atoms with E-state index < -0.39 is 17.5 Å². The Morgan fingerprint density at radius 1 is 0.957 bits per heavy atom. The molecule has 0 unspecified atom stereocenters. The van der Waals surface area contributed by atoms with E-state index in [4.69, 9.17) is 31.5 Å². The first-order valence-electron chi connectivity index (χ1n) is 14.4. The minimum absolute atomic E-state index is 0.0185. The first-order valence-corrected chi connectivity index (χ1v) is 14.8. The van der Waals surface area contributed by atoms with Gasteiger partial charge >= 0.3 is 12.1 Å². The fourth-order valence-corrected chi connectivity index (χ4v) is 4.98. The quantitative estimate of drug-likeness (QED) is 0.0754. The second-order valence-corrected chi connectivity index (χ2v) is 10.5. The number of aromatic carboxylic acids is 1. The summed E-state index contributed by atoms with van der Waals surface area (Å²) in [6.07, 6.45) is 1.44. The molecule has 2 heterocycles. The van der Waals surface area contributed by atoms with Crippen molar-refractivity contribution in [3.63, 3.8) is 0 Å². The highest BCUT2D eigenvalue weighted by Gasteiger charge is 2.22. The van der Waals surface area contributed by atoms with Crippen LogP contribution in [0.2, 0.25) is 5.15 Å². The first-order chi connectivity index (χ1) is 22.7. The van der Waals surface area contributed by atoms with Gasteiger partial charge in [0.1, 0.15) is 11.6 Å². The number of halogens is 1. The maximum Gasteiger partial charge on any atom is 0.515 e. The third-order valence-corrected chi connectivity index (χ3v) is 7.22. The van der Waals surface area contributed by atoms with E-state index in [0.29, 0.717) is 35.7 Å². The lowest BCUT2D eigenvalue weighted by Gasteiger charge is -2.12. The topological polar surface area (TPSA) is 187 Å². The molecule has 0 aliphatic rings. The molecule has 244 valence electrons. The summed E-state index contributed by atoms with van der Waals surface area (Å²) in [7, 11) is 0. The van der Waals surface area contributed by atoms with Crippen molar-refractivity contribution in [2.45, 2.75) is 46.1 Å². The number of aromatic nitrogens is 6. The van der Waals surface area contributed by atoms with E-state index in [9.17, 15) is 14.7 Å². The SMILES string of the molecule is CCCCc1nc(Cl)c(C(=O)O)n1Cc1ccc(-c2ccccc2-c2nnn(COC(=O)Oc3ccc(CON(O)O)cc3)n2)cc1. The zero-order valence-electron chi connectivity index (χ0n) is 25.1. The zero-order chi connectivity index (χ0) is 33.3. The van der Waals surface area contributed by atoms with E-state index in [0.717, 1.165) is 34.3 Å². The highest BCUT2D eigenvalue weighted by atomic mass is 35.5. The van der Waals surface area contributed by atoms with E-state index in [1.54, 1.807) is 16.7 Å². The number of rotatable bonds is 14. The van der Waals surface area contributed by atoms with Crippen LogP contribution < -0.4 is 4.74 Å². The minimum Gasteiger partial charge on any atom is -0.476 e. The lowest BCUT2D eigenvalue weighted by Crippen LogP contribution is -2.15. The molecule has 3 aromatic carbocycles. The van der Waals surface area contributed by atoms with Crippen molar-refractivity contribution in [2.24, 2.45) is 0 Å². The highest BCUT2D eigenvalue weighted by molar-refractivity contribution is 6.32. The maximum absolute atomic E-state index is 12.2. The summed E-state index contributed by atoms with van der Waals surface area (Å²) < 4.78 is 11.9. The highest BCUT2D eigenvalue weighted by Crippen LogP contribution is 2.30. The van der Waals surface area contributed by atoms with Crippen LogP contribution in [0.15, 0.2) is 72.8 Å². The summed E-state index contributed by atoms with van der Waals surface area (Å²) in [4.78, 5) is 34.0. The van der Waals surface area contributed by atoms with Gasteiger partial charge in [0.15, 0.2) is 10.8 Å². The molecule has 0 saturated heterocycles. The first kappa shape index (κ1) is 33.2. The van der Waals surface area contributed by atoms with Gasteiger partial charge in [-0.15, -0.1) is 15.0 Å². The number of carboxylic acids is 1. The molecule has 0 bridgehead atoms. The van der Waals surface area contributed by atoms with Crippen LogP contribution in [0, 0.1) is 0 Å². The molecule has 16 heteroatoms. The maximum atomic E-state index is 12.2. The lowest BCUT2D eigenvalue weighted by molar-refractivity contribution is -0.497. The number of aryl methyl sites for hydroxylation is 1. The van der Waals surface area contributed by atoms with Gasteiger partial charge in [0.2, 0.25) is 12.6 Å². The van der Waals surface area contributed by atoms with Gasteiger partial charge in [-0.2, -0.15) is 0 Å². The standard InChI is InChI=1S/C31H30ClN7O8/c1-2-3-8-26-33-28(32)27(30(40)41)37(26)17-20-9-13-22(14-10-20)24-6-4-5-7-25(24)29-34-36-38(35-29)19-45-31(42)47-23-15-11-21(12-16-23)18-46-39(43)44/h4-7,9-16,43-44H,2-3,8,17-19H2,1H3,(H,40,41). The average Bonchev–Trinajstić information content (AvgIpc) is 3.66. The van der Waals surface area contributed by atoms with Crippen molar-refractivity contribution in [2.75, 3.05) is 0 Å². The third kappa shape index (κ3) is 8.55. The third-order valence-electron chi connectivity index (χ3n) is 6.96. The molecule has 0 atom stereocenters. The average molecular weight is 664 g/mol. The van der Waals surface area contributed by atoms with E-state index in [-0.39, 0.29) is 29.9 Å². The largest absolute Gasteiger partial charge is 0.515 e. The number of hydrogen-bond donors (Lipinski definition) is 3. The Kier molecular flexibility index (Phi) is 10.9. The molecule has 15 nitrogen and oxygen atoms in total. The number of carboxylic acid groups (broad SMARTS) is 1. The Balaban J connectivity index is 1.24. The number of hydrogen-bond acceptors (Lipinski definition) is 12. The fraction of sp³-hybridized carbons (Fsp3) is 0.226. The number of carbonyl (C=O) groups is 2. The van der Waals surface area contributed by atoms with Crippen LogP contribution in [0.1, 0.15) is 47.2 Å². The second kappa shape index (κ2) is 15.4.